The molecule has 0 saturated carbocycles. The first kappa shape index (κ1) is 11.4. The molecule has 0 atom stereocenters. The van der Waals surface area contributed by atoms with Gasteiger partial charge < -0.3 is 0 Å². The highest BCUT2D eigenvalue weighted by Crippen LogP contribution is 2.33. The van der Waals surface area contributed by atoms with Crippen molar-refractivity contribution in [1.82, 2.24) is 10.2 Å². The van der Waals surface area contributed by atoms with Gasteiger partial charge in [-0.05, 0) is 23.6 Å². The molecule has 3 nitrogen and oxygen atoms in total. The molecule has 98 valence electrons. The fraction of sp³-hybridized carbons (Fsp3) is 0.176. The Balaban J connectivity index is 2.01. The number of carbonyl (C=O) groups excluding carboxylic acids is 1. The van der Waals surface area contributed by atoms with Crippen LogP contribution in [0.25, 0.3) is 22.0 Å². The van der Waals surface area contributed by atoms with E-state index in [9.17, 15) is 4.79 Å². The molecule has 0 unspecified atom stereocenters. The van der Waals surface area contributed by atoms with E-state index in [2.05, 4.69) is 28.4 Å². The van der Waals surface area contributed by atoms with E-state index < -0.39 is 0 Å². The summed E-state index contributed by atoms with van der Waals surface area (Å²) in [5.74, 6) is 0.211. The molecule has 1 aliphatic carbocycles. The highest BCUT2D eigenvalue weighted by atomic mass is 16.1. The Morgan fingerprint density at radius 3 is 2.80 bits per heavy atom. The zero-order valence-electron chi connectivity index (χ0n) is 11.0. The number of nitrogens with zero attached hydrogens (tertiary/aromatic N) is 1. The number of fused-ring (bicyclic) bond motifs is 2. The van der Waals surface area contributed by atoms with Crippen LogP contribution in [0.3, 0.4) is 0 Å². The molecule has 2 aromatic carbocycles. The Labute approximate surface area is 116 Å². The Hall–Kier alpha value is -2.42. The smallest absolute Gasteiger partial charge is 0.166 e. The molecule has 1 N–H and O–H groups in total. The third-order valence-corrected chi connectivity index (χ3v) is 4.00. The minimum atomic E-state index is 0.211. The molecule has 0 amide bonds. The highest BCUT2D eigenvalue weighted by Gasteiger charge is 2.25. The van der Waals surface area contributed by atoms with Crippen molar-refractivity contribution in [3.05, 3.63) is 53.7 Å². The van der Waals surface area contributed by atoms with Crippen LogP contribution in [0.15, 0.2) is 42.5 Å². The summed E-state index contributed by atoms with van der Waals surface area (Å²) in [5.41, 5.74) is 3.63. The lowest BCUT2D eigenvalue weighted by atomic mass is 9.91. The molecule has 0 aliphatic heterocycles. The van der Waals surface area contributed by atoms with Crippen LogP contribution in [0.5, 0.6) is 0 Å². The van der Waals surface area contributed by atoms with Gasteiger partial charge in [-0.3, -0.25) is 9.89 Å². The highest BCUT2D eigenvalue weighted by molar-refractivity contribution is 6.07. The minimum Gasteiger partial charge on any atom is -0.294 e. The number of aromatic nitrogens is 2. The van der Waals surface area contributed by atoms with Gasteiger partial charge in [-0.2, -0.15) is 5.10 Å². The molecule has 20 heavy (non-hydrogen) atoms. The van der Waals surface area contributed by atoms with Gasteiger partial charge in [-0.15, -0.1) is 0 Å². The number of benzene rings is 2. The van der Waals surface area contributed by atoms with Gasteiger partial charge in [0.05, 0.1) is 5.56 Å². The third-order valence-electron chi connectivity index (χ3n) is 4.00. The lowest BCUT2D eigenvalue weighted by Gasteiger charge is -2.11. The average molecular weight is 262 g/mol. The molecule has 0 spiro atoms. The average Bonchev–Trinajstić information content (AvgIpc) is 2.92. The fourth-order valence-electron chi connectivity index (χ4n) is 3.04. The molecule has 0 bridgehead atoms. The lowest BCUT2D eigenvalue weighted by Crippen LogP contribution is -2.10. The van der Waals surface area contributed by atoms with E-state index in [-0.39, 0.29) is 5.78 Å². The molecule has 0 saturated heterocycles. The SMILES string of the molecule is O=C1CCCc2[nH]nc(-c3cccc4ccccc34)c21. The molecular formula is C17H14N2O. The van der Waals surface area contributed by atoms with E-state index in [4.69, 9.17) is 0 Å². The molecule has 1 heterocycles. The number of H-pyrrole nitrogens is 1. The molecule has 1 aromatic heterocycles. The predicted octanol–water partition coefficient (Wildman–Crippen LogP) is 3.75. The van der Waals surface area contributed by atoms with E-state index in [0.29, 0.717) is 6.42 Å². The summed E-state index contributed by atoms with van der Waals surface area (Å²) < 4.78 is 0. The molecule has 0 radical (unpaired) electrons. The normalized spacial score (nSPS) is 14.5. The molecular weight excluding hydrogens is 248 g/mol. The lowest BCUT2D eigenvalue weighted by molar-refractivity contribution is 0.0973. The van der Waals surface area contributed by atoms with Crippen LogP contribution in [0, 0.1) is 0 Å². The molecule has 3 aromatic rings. The van der Waals surface area contributed by atoms with Crippen molar-refractivity contribution < 1.29 is 4.79 Å². The number of hydrogen-bond donors (Lipinski definition) is 1. The Bertz CT molecular complexity index is 811. The van der Waals surface area contributed by atoms with E-state index in [1.165, 1.54) is 5.39 Å². The van der Waals surface area contributed by atoms with Crippen LogP contribution >= 0.6 is 0 Å². The number of nitrogens with one attached hydrogen (secondary N) is 1. The van der Waals surface area contributed by atoms with Gasteiger partial charge in [0.1, 0.15) is 5.69 Å². The van der Waals surface area contributed by atoms with E-state index >= 15 is 0 Å². The fourth-order valence-corrected chi connectivity index (χ4v) is 3.04. The van der Waals surface area contributed by atoms with Crippen LogP contribution in [-0.4, -0.2) is 16.0 Å². The first-order valence-electron chi connectivity index (χ1n) is 6.93. The van der Waals surface area contributed by atoms with Gasteiger partial charge in [0, 0.05) is 17.7 Å². The molecule has 1 aliphatic rings. The van der Waals surface area contributed by atoms with Crippen LogP contribution in [0.2, 0.25) is 0 Å². The van der Waals surface area contributed by atoms with Crippen molar-refractivity contribution >= 4 is 16.6 Å². The van der Waals surface area contributed by atoms with Gasteiger partial charge >= 0.3 is 0 Å². The van der Waals surface area contributed by atoms with Crippen molar-refractivity contribution in [1.29, 1.82) is 0 Å². The zero-order chi connectivity index (χ0) is 13.5. The summed E-state index contributed by atoms with van der Waals surface area (Å²) in [5, 5.41) is 9.78. The van der Waals surface area contributed by atoms with E-state index in [1.54, 1.807) is 0 Å². The van der Waals surface area contributed by atoms with Crippen molar-refractivity contribution in [2.24, 2.45) is 0 Å². The van der Waals surface area contributed by atoms with E-state index in [0.717, 1.165) is 40.7 Å². The standard InChI is InChI=1S/C17H14N2O/c20-15-10-4-9-14-16(15)17(19-18-14)13-8-3-6-11-5-1-2-7-12(11)13/h1-3,5-8H,4,9-10H2,(H,18,19). The van der Waals surface area contributed by atoms with Gasteiger partial charge in [0.25, 0.3) is 0 Å². The summed E-state index contributed by atoms with van der Waals surface area (Å²) >= 11 is 0. The second-order valence-electron chi connectivity index (χ2n) is 5.23. The number of ketones is 1. The molecule has 0 fully saturated rings. The molecule has 3 heteroatoms. The summed E-state index contributed by atoms with van der Waals surface area (Å²) in [6, 6.07) is 14.4. The van der Waals surface area contributed by atoms with Crippen LogP contribution < -0.4 is 0 Å². The van der Waals surface area contributed by atoms with Gasteiger partial charge in [-0.25, -0.2) is 0 Å². The topological polar surface area (TPSA) is 45.8 Å². The third kappa shape index (κ3) is 1.59. The number of Topliss-reactive ketones (excluding diaryl/α,β-unsaturated/α-hetero) is 1. The number of hydrogen-bond acceptors (Lipinski definition) is 2. The van der Waals surface area contributed by atoms with Crippen LogP contribution in [-0.2, 0) is 6.42 Å². The summed E-state index contributed by atoms with van der Waals surface area (Å²) in [6.45, 7) is 0. The van der Waals surface area contributed by atoms with Gasteiger partial charge in [0.2, 0.25) is 0 Å². The maximum atomic E-state index is 12.2. The van der Waals surface area contributed by atoms with Crippen molar-refractivity contribution in [2.75, 3.05) is 0 Å². The number of aryl methyl sites for hydroxylation is 1. The van der Waals surface area contributed by atoms with E-state index in [1.807, 2.05) is 24.3 Å². The maximum Gasteiger partial charge on any atom is 0.166 e. The summed E-state index contributed by atoms with van der Waals surface area (Å²) in [6.07, 6.45) is 2.46. The second-order valence-corrected chi connectivity index (χ2v) is 5.23. The number of carbonyl (C=O) groups is 1. The monoisotopic (exact) mass is 262 g/mol. The van der Waals surface area contributed by atoms with Crippen LogP contribution in [0.4, 0.5) is 0 Å². The molecule has 4 rings (SSSR count). The maximum absolute atomic E-state index is 12.2. The largest absolute Gasteiger partial charge is 0.294 e. The Kier molecular flexibility index (Phi) is 2.46. The van der Waals surface area contributed by atoms with Gasteiger partial charge in [-0.1, -0.05) is 42.5 Å². The van der Waals surface area contributed by atoms with Crippen molar-refractivity contribution in [3.8, 4) is 11.3 Å². The Morgan fingerprint density at radius 2 is 1.85 bits per heavy atom. The van der Waals surface area contributed by atoms with Crippen molar-refractivity contribution in [3.63, 3.8) is 0 Å². The zero-order valence-corrected chi connectivity index (χ0v) is 11.0. The first-order valence-corrected chi connectivity index (χ1v) is 6.93. The summed E-state index contributed by atoms with van der Waals surface area (Å²) in [7, 11) is 0. The minimum absolute atomic E-state index is 0.211. The van der Waals surface area contributed by atoms with Gasteiger partial charge in [0.15, 0.2) is 5.78 Å². The van der Waals surface area contributed by atoms with Crippen molar-refractivity contribution in [2.45, 2.75) is 19.3 Å². The number of aromatic amines is 1. The second kappa shape index (κ2) is 4.30. The summed E-state index contributed by atoms with van der Waals surface area (Å²) in [4.78, 5) is 12.2. The number of rotatable bonds is 1. The first-order chi connectivity index (χ1) is 9.84. The quantitative estimate of drug-likeness (QED) is 0.726. The predicted molar refractivity (Wildman–Crippen MR) is 78.8 cm³/mol. The van der Waals surface area contributed by atoms with Crippen LogP contribution in [0.1, 0.15) is 28.9 Å². The Morgan fingerprint density at radius 1 is 1.00 bits per heavy atom.